The van der Waals surface area contributed by atoms with Gasteiger partial charge in [-0.25, -0.2) is 4.39 Å². The number of thiophene rings is 1. The first-order valence-corrected chi connectivity index (χ1v) is 8.03. The number of carbonyl (C=O) groups excluding carboxylic acids is 1. The summed E-state index contributed by atoms with van der Waals surface area (Å²) in [5.41, 5.74) is 1.86. The first-order chi connectivity index (χ1) is 11.4. The zero-order valence-electron chi connectivity index (χ0n) is 12.6. The first kappa shape index (κ1) is 16.2. The van der Waals surface area contributed by atoms with Crippen LogP contribution in [0.5, 0.6) is 0 Å². The van der Waals surface area contributed by atoms with Gasteiger partial charge in [-0.3, -0.25) is 9.48 Å². The van der Waals surface area contributed by atoms with Crippen molar-refractivity contribution >= 4 is 45.4 Å². The summed E-state index contributed by atoms with van der Waals surface area (Å²) >= 11 is 7.27. The van der Waals surface area contributed by atoms with Crippen LogP contribution in [0.1, 0.15) is 10.6 Å². The highest BCUT2D eigenvalue weighted by Gasteiger charge is 2.10. The molecule has 2 heterocycles. The molecule has 1 aromatic carbocycles. The van der Waals surface area contributed by atoms with Gasteiger partial charge >= 0.3 is 0 Å². The average molecular weight is 360 g/mol. The van der Waals surface area contributed by atoms with Crippen LogP contribution in [0, 0.1) is 11.8 Å². The molecule has 0 saturated heterocycles. The molecule has 0 aliphatic heterocycles. The fourth-order valence-corrected chi connectivity index (χ4v) is 3.03. The van der Waals surface area contributed by atoms with Gasteiger partial charge in [0.25, 0.3) is 5.91 Å². The lowest BCUT2D eigenvalue weighted by Gasteiger charge is -2.03. The number of anilines is 1. The summed E-state index contributed by atoms with van der Waals surface area (Å²) in [4.78, 5) is 12.2. The highest BCUT2D eigenvalue weighted by Crippen LogP contribution is 2.23. The van der Waals surface area contributed by atoms with Crippen LogP contribution in [0.3, 0.4) is 0 Å². The lowest BCUT2D eigenvalue weighted by Crippen LogP contribution is -2.10. The number of benzene rings is 1. The van der Waals surface area contributed by atoms with Crippen molar-refractivity contribution in [1.82, 2.24) is 9.78 Å². The molecule has 0 bridgehead atoms. The molecule has 2 aromatic heterocycles. The molecule has 0 atom stereocenters. The number of aromatic nitrogens is 2. The fourth-order valence-electron chi connectivity index (χ4n) is 2.14. The topological polar surface area (TPSA) is 46.9 Å². The molecular formula is C17H11ClFN3OS. The van der Waals surface area contributed by atoms with Gasteiger partial charge in [0.05, 0.1) is 14.7 Å². The second-order valence-corrected chi connectivity index (χ2v) is 6.63. The van der Waals surface area contributed by atoms with Crippen molar-refractivity contribution in [3.05, 3.63) is 57.6 Å². The largest absolute Gasteiger partial charge is 0.320 e. The van der Waals surface area contributed by atoms with Crippen molar-refractivity contribution in [2.45, 2.75) is 0 Å². The van der Waals surface area contributed by atoms with E-state index in [1.807, 2.05) is 6.07 Å². The minimum Gasteiger partial charge on any atom is -0.320 e. The van der Waals surface area contributed by atoms with Crippen LogP contribution in [-0.2, 0) is 11.8 Å². The van der Waals surface area contributed by atoms with Gasteiger partial charge in [0.1, 0.15) is 5.69 Å². The summed E-state index contributed by atoms with van der Waals surface area (Å²) in [5, 5.41) is 7.57. The number of hydrogen-bond donors (Lipinski definition) is 1. The number of aryl methyl sites for hydroxylation is 1. The van der Waals surface area contributed by atoms with Crippen LogP contribution in [0.25, 0.3) is 10.9 Å². The quantitative estimate of drug-likeness (QED) is 0.553. The molecule has 3 rings (SSSR count). The molecule has 0 spiro atoms. The molecule has 0 unspecified atom stereocenters. The van der Waals surface area contributed by atoms with Gasteiger partial charge in [0.2, 0.25) is 0 Å². The van der Waals surface area contributed by atoms with Crippen molar-refractivity contribution in [2.75, 3.05) is 5.32 Å². The van der Waals surface area contributed by atoms with E-state index in [9.17, 15) is 9.18 Å². The molecule has 1 N–H and O–H groups in total. The molecule has 4 nitrogen and oxygen atoms in total. The van der Waals surface area contributed by atoms with Gasteiger partial charge in [-0.1, -0.05) is 18.2 Å². The van der Waals surface area contributed by atoms with Crippen molar-refractivity contribution < 1.29 is 9.18 Å². The van der Waals surface area contributed by atoms with Crippen molar-refractivity contribution in [1.29, 1.82) is 0 Å². The van der Waals surface area contributed by atoms with Crippen LogP contribution >= 0.6 is 22.9 Å². The third-order valence-electron chi connectivity index (χ3n) is 3.23. The number of nitrogens with one attached hydrogen (secondary N) is 1. The Bertz CT molecular complexity index is 1030. The van der Waals surface area contributed by atoms with E-state index in [4.69, 9.17) is 11.6 Å². The Morgan fingerprint density at radius 2 is 2.17 bits per heavy atom. The predicted molar refractivity (Wildman–Crippen MR) is 94.9 cm³/mol. The number of amides is 1. The maximum atomic E-state index is 12.8. The Labute approximate surface area is 146 Å². The van der Waals surface area contributed by atoms with Crippen LogP contribution in [-0.4, -0.2) is 15.7 Å². The Balaban J connectivity index is 2.00. The molecule has 0 saturated carbocycles. The smallest absolute Gasteiger partial charge is 0.283 e. The summed E-state index contributed by atoms with van der Waals surface area (Å²) in [5.74, 6) is 4.10. The van der Waals surface area contributed by atoms with E-state index in [1.165, 1.54) is 11.3 Å². The Morgan fingerprint density at radius 3 is 2.83 bits per heavy atom. The zero-order valence-corrected chi connectivity index (χ0v) is 14.1. The van der Waals surface area contributed by atoms with Gasteiger partial charge < -0.3 is 5.32 Å². The first-order valence-electron chi connectivity index (χ1n) is 6.84. The van der Waals surface area contributed by atoms with Gasteiger partial charge in [-0.2, -0.15) is 5.10 Å². The van der Waals surface area contributed by atoms with Gasteiger partial charge in [0.15, 0.2) is 5.83 Å². The van der Waals surface area contributed by atoms with E-state index in [-0.39, 0.29) is 0 Å². The minimum absolute atomic E-state index is 0.446. The summed E-state index contributed by atoms with van der Waals surface area (Å²) in [6, 6.07) is 8.77. The molecule has 0 radical (unpaired) electrons. The molecule has 120 valence electrons. The van der Waals surface area contributed by atoms with Gasteiger partial charge in [-0.05, 0) is 42.2 Å². The minimum atomic E-state index is -1.05. The normalized spacial score (nSPS) is 10.3. The van der Waals surface area contributed by atoms with Gasteiger partial charge in [0, 0.05) is 18.1 Å². The summed E-state index contributed by atoms with van der Waals surface area (Å²) in [7, 11) is 1.80. The van der Waals surface area contributed by atoms with E-state index >= 15 is 0 Å². The van der Waals surface area contributed by atoms with Crippen molar-refractivity contribution in [2.24, 2.45) is 7.05 Å². The van der Waals surface area contributed by atoms with Crippen molar-refractivity contribution in [3.63, 3.8) is 0 Å². The number of nitrogens with zero attached hydrogens (tertiary/aromatic N) is 2. The van der Waals surface area contributed by atoms with E-state index in [2.05, 4.69) is 28.8 Å². The Morgan fingerprint density at radius 1 is 1.38 bits per heavy atom. The fraction of sp³-hybridized carbons (Fsp3) is 0.0588. The predicted octanol–water partition coefficient (Wildman–Crippen LogP) is 4.11. The molecule has 0 aliphatic carbocycles. The lowest BCUT2D eigenvalue weighted by atomic mass is 10.2. The molecule has 0 fully saturated rings. The van der Waals surface area contributed by atoms with Gasteiger partial charge in [-0.15, -0.1) is 11.3 Å². The molecule has 3 aromatic rings. The van der Waals surface area contributed by atoms with Crippen LogP contribution < -0.4 is 5.32 Å². The molecular weight excluding hydrogens is 349 g/mol. The van der Waals surface area contributed by atoms with E-state index in [0.29, 0.717) is 15.7 Å². The number of rotatable bonds is 2. The maximum Gasteiger partial charge on any atom is 0.283 e. The molecule has 7 heteroatoms. The SMILES string of the molecule is C=C(F)C(=O)Nc1ccc2c(c1)c(C#Cc1ccc(Cl)s1)nn2C. The summed E-state index contributed by atoms with van der Waals surface area (Å²) < 4.78 is 15.2. The van der Waals surface area contributed by atoms with Crippen LogP contribution in [0.15, 0.2) is 42.7 Å². The highest BCUT2D eigenvalue weighted by atomic mass is 35.5. The monoisotopic (exact) mass is 359 g/mol. The second-order valence-electron chi connectivity index (χ2n) is 4.92. The van der Waals surface area contributed by atoms with Crippen LogP contribution in [0.2, 0.25) is 4.34 Å². The summed E-state index contributed by atoms with van der Waals surface area (Å²) in [6.07, 6.45) is 0. The number of fused-ring (bicyclic) bond motifs is 1. The highest BCUT2D eigenvalue weighted by molar-refractivity contribution is 7.16. The number of carbonyl (C=O) groups is 1. The second kappa shape index (κ2) is 6.48. The molecule has 1 amide bonds. The molecule has 0 aliphatic rings. The molecule has 24 heavy (non-hydrogen) atoms. The number of halogens is 2. The summed E-state index contributed by atoms with van der Waals surface area (Å²) in [6.45, 7) is 2.97. The Hall–Kier alpha value is -2.62. The standard InChI is InChI=1S/C17H11ClFN3OS/c1-10(19)17(23)20-11-3-7-15-13(9-11)14(21-22(15)2)6-4-12-5-8-16(18)24-12/h3,5,7-9H,1H2,2H3,(H,20,23). The van der Waals surface area contributed by atoms with E-state index < -0.39 is 11.7 Å². The zero-order chi connectivity index (χ0) is 17.3. The van der Waals surface area contributed by atoms with Crippen LogP contribution in [0.4, 0.5) is 10.1 Å². The third kappa shape index (κ3) is 3.32. The maximum absolute atomic E-state index is 12.8. The van der Waals surface area contributed by atoms with Crippen molar-refractivity contribution in [3.8, 4) is 11.8 Å². The Kier molecular flexibility index (Phi) is 4.38. The average Bonchev–Trinajstić information content (AvgIpc) is 3.09. The lowest BCUT2D eigenvalue weighted by molar-refractivity contribution is -0.114. The van der Waals surface area contributed by atoms with E-state index in [0.717, 1.165) is 15.8 Å². The van der Waals surface area contributed by atoms with E-state index in [1.54, 1.807) is 36.0 Å². The number of hydrogen-bond acceptors (Lipinski definition) is 3. The third-order valence-corrected chi connectivity index (χ3v) is 4.38.